The molecule has 9 nitrogen and oxygen atoms in total. The fraction of sp³-hybridized carbons (Fsp3) is 0.286. The number of sulfonamides is 1. The molecule has 1 atom stereocenters. The molecule has 10 heteroatoms. The van der Waals surface area contributed by atoms with Crippen molar-refractivity contribution in [1.29, 1.82) is 0 Å². The number of benzene rings is 4. The van der Waals surface area contributed by atoms with Gasteiger partial charge in [0, 0.05) is 67.5 Å². The summed E-state index contributed by atoms with van der Waals surface area (Å²) in [5.74, 6) is -0.134. The number of aromatic nitrogens is 1. The first-order chi connectivity index (χ1) is 25.1. The zero-order valence-corrected chi connectivity index (χ0v) is 30.3. The monoisotopic (exact) mass is 714 g/mol. The van der Waals surface area contributed by atoms with E-state index in [0.717, 1.165) is 65.9 Å². The second-order valence-electron chi connectivity index (χ2n) is 14.2. The number of carbonyl (C=O) groups excluding carboxylic acids is 2. The molecule has 3 aliphatic rings. The molecule has 4 aromatic carbocycles. The second-order valence-corrected chi connectivity index (χ2v) is 16.1. The third-order valence-corrected chi connectivity index (χ3v) is 12.9. The maximum Gasteiger partial charge on any atom is 0.259 e. The van der Waals surface area contributed by atoms with Crippen molar-refractivity contribution in [2.24, 2.45) is 0 Å². The van der Waals surface area contributed by atoms with Gasteiger partial charge in [0.25, 0.3) is 11.8 Å². The predicted octanol–water partition coefficient (Wildman–Crippen LogP) is 6.81. The molecule has 1 aromatic heterocycles. The number of phenols is 1. The van der Waals surface area contributed by atoms with Crippen LogP contribution in [0.3, 0.4) is 0 Å². The van der Waals surface area contributed by atoms with Gasteiger partial charge in [0.15, 0.2) is 0 Å². The second kappa shape index (κ2) is 13.4. The van der Waals surface area contributed by atoms with Crippen molar-refractivity contribution in [2.45, 2.75) is 69.6 Å². The predicted molar refractivity (Wildman–Crippen MR) is 201 cm³/mol. The molecule has 1 N–H and O–H groups in total. The summed E-state index contributed by atoms with van der Waals surface area (Å²) in [7, 11) is -2.00. The number of carbonyl (C=O) groups is 2. The van der Waals surface area contributed by atoms with Crippen LogP contribution in [0.1, 0.15) is 68.4 Å². The van der Waals surface area contributed by atoms with Crippen LogP contribution in [0.2, 0.25) is 0 Å². The first-order valence-corrected chi connectivity index (χ1v) is 19.4. The van der Waals surface area contributed by atoms with Gasteiger partial charge in [-0.3, -0.25) is 9.59 Å². The maximum atomic E-state index is 14.9. The van der Waals surface area contributed by atoms with E-state index in [0.29, 0.717) is 36.3 Å². The molecule has 5 aromatic rings. The lowest BCUT2D eigenvalue weighted by Crippen LogP contribution is -2.43. The van der Waals surface area contributed by atoms with Gasteiger partial charge in [0.2, 0.25) is 10.0 Å². The molecule has 8 rings (SSSR count). The van der Waals surface area contributed by atoms with E-state index in [1.165, 1.54) is 9.87 Å². The molecule has 0 unspecified atom stereocenters. The number of phenolic OH excluding ortho intramolecular Hbond substituents is 1. The van der Waals surface area contributed by atoms with Crippen LogP contribution in [0.15, 0.2) is 102 Å². The van der Waals surface area contributed by atoms with Crippen LogP contribution in [-0.4, -0.2) is 58.7 Å². The smallest absolute Gasteiger partial charge is 0.259 e. The van der Waals surface area contributed by atoms with Crippen molar-refractivity contribution in [3.8, 4) is 17.0 Å². The average Bonchev–Trinajstić information content (AvgIpc) is 3.56. The van der Waals surface area contributed by atoms with Crippen molar-refractivity contribution in [1.82, 2.24) is 13.8 Å². The van der Waals surface area contributed by atoms with E-state index in [4.69, 9.17) is 0 Å². The number of anilines is 1. The van der Waals surface area contributed by atoms with Crippen LogP contribution in [0.5, 0.6) is 5.75 Å². The molecule has 0 saturated heterocycles. The first kappa shape index (κ1) is 33.9. The summed E-state index contributed by atoms with van der Waals surface area (Å²) in [6.45, 7) is 3.77. The van der Waals surface area contributed by atoms with Gasteiger partial charge in [-0.05, 0) is 116 Å². The zero-order chi connectivity index (χ0) is 36.1. The molecule has 0 spiro atoms. The average molecular weight is 715 g/mol. The fourth-order valence-electron chi connectivity index (χ4n) is 8.08. The van der Waals surface area contributed by atoms with Gasteiger partial charge in [0.05, 0.1) is 10.5 Å². The molecule has 0 saturated carbocycles. The van der Waals surface area contributed by atoms with Gasteiger partial charge in [-0.2, -0.15) is 4.31 Å². The van der Waals surface area contributed by atoms with Crippen molar-refractivity contribution in [3.05, 3.63) is 136 Å². The Hall–Kier alpha value is -5.19. The molecular formula is C42H42N4O5S. The van der Waals surface area contributed by atoms with E-state index in [1.54, 1.807) is 66.5 Å². The lowest BCUT2D eigenvalue weighted by Gasteiger charge is -2.36. The van der Waals surface area contributed by atoms with Gasteiger partial charge < -0.3 is 19.5 Å². The summed E-state index contributed by atoms with van der Waals surface area (Å²) >= 11 is 0. The van der Waals surface area contributed by atoms with Crippen LogP contribution in [0.25, 0.3) is 11.3 Å². The standard InChI is InChI=1S/C42H42N4O5S/c1-28-22-29-10-6-7-11-31(29)27-46(28)42(49)37-24-32-26-44(52(50,51)35-12-4-3-5-13-35)21-19-30(32)23-36(37)40-25-38(39-14-8-9-20-45(39)40)41(48)43(2)33-15-17-34(47)18-16-33/h3-7,10-13,15-18,23-25,28,47H,8-9,14,19-22,26-27H2,1-2H3/t28-/m1/s1. The Labute approximate surface area is 304 Å². The number of amides is 2. The number of aromatic hydroxyl groups is 1. The van der Waals surface area contributed by atoms with E-state index in [1.807, 2.05) is 29.2 Å². The van der Waals surface area contributed by atoms with Gasteiger partial charge in [-0.25, -0.2) is 8.42 Å². The number of hydrogen-bond acceptors (Lipinski definition) is 5. The normalized spacial score (nSPS) is 17.2. The zero-order valence-electron chi connectivity index (χ0n) is 29.5. The highest BCUT2D eigenvalue weighted by molar-refractivity contribution is 7.89. The molecule has 0 radical (unpaired) electrons. The van der Waals surface area contributed by atoms with Crippen LogP contribution in [-0.2, 0) is 48.9 Å². The Morgan fingerprint density at radius 1 is 0.769 bits per heavy atom. The summed E-state index contributed by atoms with van der Waals surface area (Å²) in [6.07, 6.45) is 3.90. The lowest BCUT2D eigenvalue weighted by atomic mass is 9.90. The van der Waals surface area contributed by atoms with Gasteiger partial charge in [-0.1, -0.05) is 42.5 Å². The Bertz CT molecular complexity index is 2300. The SMILES string of the molecule is C[C@@H]1Cc2ccccc2CN1C(=O)c1cc2c(cc1-c1cc(C(=O)N(C)c3ccc(O)cc3)c3n1CCCC3)CCN(S(=O)(=O)c1ccccc1)C2. The summed E-state index contributed by atoms with van der Waals surface area (Å²) < 4.78 is 31.1. The molecule has 0 aliphatic carbocycles. The molecule has 266 valence electrons. The van der Waals surface area contributed by atoms with Gasteiger partial charge in [0.1, 0.15) is 5.75 Å². The lowest BCUT2D eigenvalue weighted by molar-refractivity contribution is 0.0658. The Kier molecular flexibility index (Phi) is 8.75. The van der Waals surface area contributed by atoms with E-state index in [2.05, 4.69) is 29.7 Å². The van der Waals surface area contributed by atoms with Gasteiger partial charge in [-0.15, -0.1) is 0 Å². The molecular weight excluding hydrogens is 673 g/mol. The van der Waals surface area contributed by atoms with Crippen LogP contribution in [0, 0.1) is 0 Å². The van der Waals surface area contributed by atoms with Crippen molar-refractivity contribution >= 4 is 27.5 Å². The third kappa shape index (κ3) is 5.99. The first-order valence-electron chi connectivity index (χ1n) is 18.0. The molecule has 3 aliphatic heterocycles. The van der Waals surface area contributed by atoms with Crippen LogP contribution in [0.4, 0.5) is 5.69 Å². The molecule has 0 fully saturated rings. The summed E-state index contributed by atoms with van der Waals surface area (Å²) in [4.78, 5) is 32.9. The summed E-state index contributed by atoms with van der Waals surface area (Å²) in [6, 6.07) is 29.2. The van der Waals surface area contributed by atoms with Crippen molar-refractivity contribution in [3.63, 3.8) is 0 Å². The molecule has 0 bridgehead atoms. The Balaban J connectivity index is 1.24. The van der Waals surface area contributed by atoms with E-state index >= 15 is 0 Å². The fourth-order valence-corrected chi connectivity index (χ4v) is 9.52. The quantitative estimate of drug-likeness (QED) is 0.208. The number of hydrogen-bond donors (Lipinski definition) is 1. The molecule has 2 amide bonds. The van der Waals surface area contributed by atoms with E-state index < -0.39 is 10.0 Å². The topological polar surface area (TPSA) is 103 Å². The Morgan fingerprint density at radius 2 is 1.50 bits per heavy atom. The van der Waals surface area contributed by atoms with Crippen LogP contribution < -0.4 is 4.90 Å². The van der Waals surface area contributed by atoms with E-state index in [9.17, 15) is 23.1 Å². The van der Waals surface area contributed by atoms with Gasteiger partial charge >= 0.3 is 0 Å². The molecule has 4 heterocycles. The number of fused-ring (bicyclic) bond motifs is 3. The molecule has 52 heavy (non-hydrogen) atoms. The summed E-state index contributed by atoms with van der Waals surface area (Å²) in [5.41, 5.74) is 8.51. The highest BCUT2D eigenvalue weighted by atomic mass is 32.2. The number of nitrogens with zero attached hydrogens (tertiary/aromatic N) is 4. The van der Waals surface area contributed by atoms with Crippen molar-refractivity contribution < 1.29 is 23.1 Å². The highest BCUT2D eigenvalue weighted by Gasteiger charge is 2.35. The van der Waals surface area contributed by atoms with E-state index in [-0.39, 0.29) is 35.0 Å². The highest BCUT2D eigenvalue weighted by Crippen LogP contribution is 2.38. The van der Waals surface area contributed by atoms with Crippen molar-refractivity contribution in [2.75, 3.05) is 18.5 Å². The summed E-state index contributed by atoms with van der Waals surface area (Å²) in [5, 5.41) is 9.83. The Morgan fingerprint density at radius 3 is 2.27 bits per heavy atom. The third-order valence-electron chi connectivity index (χ3n) is 11.0. The van der Waals surface area contributed by atoms with Crippen LogP contribution >= 0.6 is 0 Å². The maximum absolute atomic E-state index is 14.9. The number of rotatable bonds is 6. The largest absolute Gasteiger partial charge is 0.508 e. The minimum atomic E-state index is -3.74. The minimum absolute atomic E-state index is 0.0430. The minimum Gasteiger partial charge on any atom is -0.508 e.